The van der Waals surface area contributed by atoms with E-state index in [1.165, 1.54) is 6.33 Å². The number of hydrogen-bond acceptors (Lipinski definition) is 6. The molecule has 0 bridgehead atoms. The van der Waals surface area contributed by atoms with Crippen molar-refractivity contribution in [2.45, 2.75) is 26.4 Å². The first-order valence-corrected chi connectivity index (χ1v) is 9.29. The molecular formula is C20H21Cl2N3O3. The molecule has 0 saturated carbocycles. The maximum atomic E-state index is 6.34. The number of nitrogens with zero attached hydrogens (tertiary/aromatic N) is 2. The van der Waals surface area contributed by atoms with Gasteiger partial charge in [-0.25, -0.2) is 9.97 Å². The van der Waals surface area contributed by atoms with Crippen LogP contribution in [0.2, 0.25) is 10.0 Å². The van der Waals surface area contributed by atoms with Gasteiger partial charge >= 0.3 is 0 Å². The first-order chi connectivity index (χ1) is 13.2. The van der Waals surface area contributed by atoms with Gasteiger partial charge in [0.05, 0.1) is 35.5 Å². The average Bonchev–Trinajstić information content (AvgIpc) is 2.62. The lowest BCUT2D eigenvalue weighted by Crippen LogP contribution is -2.23. The van der Waals surface area contributed by atoms with Crippen molar-refractivity contribution in [3.8, 4) is 17.2 Å². The van der Waals surface area contributed by atoms with Gasteiger partial charge in [0.15, 0.2) is 11.5 Å². The number of nitrogens with one attached hydrogen (secondary N) is 1. The highest BCUT2D eigenvalue weighted by atomic mass is 35.5. The molecule has 0 aliphatic carbocycles. The van der Waals surface area contributed by atoms with Crippen molar-refractivity contribution in [3.63, 3.8) is 0 Å². The molecule has 0 atom stereocenters. The molecule has 1 heterocycles. The molecule has 28 heavy (non-hydrogen) atoms. The predicted octanol–water partition coefficient (Wildman–Crippen LogP) is 5.87. The van der Waals surface area contributed by atoms with E-state index in [9.17, 15) is 0 Å². The van der Waals surface area contributed by atoms with Gasteiger partial charge in [-0.15, -0.1) is 0 Å². The second-order valence-corrected chi connectivity index (χ2v) is 7.86. The molecule has 0 amide bonds. The molecule has 148 valence electrons. The van der Waals surface area contributed by atoms with Crippen molar-refractivity contribution < 1.29 is 14.2 Å². The minimum Gasteiger partial charge on any atom is -0.495 e. The van der Waals surface area contributed by atoms with Crippen LogP contribution in [0.25, 0.3) is 10.9 Å². The molecule has 0 unspecified atom stereocenters. The maximum Gasteiger partial charge on any atom is 0.162 e. The van der Waals surface area contributed by atoms with Gasteiger partial charge in [-0.2, -0.15) is 0 Å². The van der Waals surface area contributed by atoms with Crippen LogP contribution in [-0.2, 0) is 0 Å². The Morgan fingerprint density at radius 1 is 0.857 bits per heavy atom. The third-order valence-corrected chi connectivity index (χ3v) is 4.44. The molecule has 0 saturated heterocycles. The molecule has 0 fully saturated rings. The monoisotopic (exact) mass is 421 g/mol. The number of ether oxygens (including phenoxy) is 3. The van der Waals surface area contributed by atoms with Crippen molar-refractivity contribution in [3.05, 3.63) is 40.6 Å². The number of aromatic nitrogens is 2. The Balaban J connectivity index is 2.10. The van der Waals surface area contributed by atoms with Gasteiger partial charge in [0.1, 0.15) is 23.5 Å². The second kappa shape index (κ2) is 7.89. The molecule has 2 aromatic carbocycles. The summed E-state index contributed by atoms with van der Waals surface area (Å²) in [4.78, 5) is 8.70. The number of methoxy groups -OCH3 is 2. The van der Waals surface area contributed by atoms with E-state index in [0.717, 1.165) is 5.39 Å². The minimum absolute atomic E-state index is 0.392. The van der Waals surface area contributed by atoms with Crippen molar-refractivity contribution in [2.75, 3.05) is 19.5 Å². The van der Waals surface area contributed by atoms with Crippen molar-refractivity contribution in [2.24, 2.45) is 0 Å². The van der Waals surface area contributed by atoms with E-state index in [4.69, 9.17) is 37.4 Å². The quantitative estimate of drug-likeness (QED) is 0.554. The molecule has 1 N–H and O–H groups in total. The number of hydrogen-bond donors (Lipinski definition) is 1. The molecule has 6 nitrogen and oxygen atoms in total. The molecular weight excluding hydrogens is 401 g/mol. The Kier molecular flexibility index (Phi) is 5.72. The summed E-state index contributed by atoms with van der Waals surface area (Å²) in [7, 11) is 3.14. The summed E-state index contributed by atoms with van der Waals surface area (Å²) in [5, 5.41) is 4.85. The summed E-state index contributed by atoms with van der Waals surface area (Å²) in [6.45, 7) is 5.91. The molecule has 3 aromatic rings. The minimum atomic E-state index is -0.392. The highest BCUT2D eigenvalue weighted by molar-refractivity contribution is 6.37. The van der Waals surface area contributed by atoms with Gasteiger partial charge in [-0.05, 0) is 32.9 Å². The summed E-state index contributed by atoms with van der Waals surface area (Å²) in [6, 6.07) is 7.00. The highest BCUT2D eigenvalue weighted by Crippen LogP contribution is 2.39. The highest BCUT2D eigenvalue weighted by Gasteiger charge is 2.18. The fourth-order valence-corrected chi connectivity index (χ4v) is 3.15. The first-order valence-electron chi connectivity index (χ1n) is 8.53. The summed E-state index contributed by atoms with van der Waals surface area (Å²) in [5.74, 6) is 2.27. The zero-order valence-electron chi connectivity index (χ0n) is 16.3. The summed E-state index contributed by atoms with van der Waals surface area (Å²) >= 11 is 12.5. The zero-order chi connectivity index (χ0) is 20.5. The van der Waals surface area contributed by atoms with E-state index in [0.29, 0.717) is 44.3 Å². The molecule has 3 rings (SSSR count). The average molecular weight is 422 g/mol. The topological polar surface area (TPSA) is 65.5 Å². The van der Waals surface area contributed by atoms with Crippen molar-refractivity contribution in [1.29, 1.82) is 0 Å². The normalized spacial score (nSPS) is 11.4. The largest absolute Gasteiger partial charge is 0.495 e. The predicted molar refractivity (Wildman–Crippen MR) is 113 cm³/mol. The van der Waals surface area contributed by atoms with Crippen LogP contribution in [0.5, 0.6) is 17.2 Å². The maximum absolute atomic E-state index is 6.34. The summed E-state index contributed by atoms with van der Waals surface area (Å²) in [5.41, 5.74) is 0.918. The van der Waals surface area contributed by atoms with Crippen LogP contribution in [0.15, 0.2) is 30.6 Å². The van der Waals surface area contributed by atoms with E-state index in [2.05, 4.69) is 15.3 Å². The van der Waals surface area contributed by atoms with E-state index >= 15 is 0 Å². The van der Waals surface area contributed by atoms with E-state index in [-0.39, 0.29) is 0 Å². The van der Waals surface area contributed by atoms with Crippen LogP contribution in [0.3, 0.4) is 0 Å². The fraction of sp³-hybridized carbons (Fsp3) is 0.300. The Morgan fingerprint density at radius 2 is 1.57 bits per heavy atom. The Morgan fingerprint density at radius 3 is 2.21 bits per heavy atom. The van der Waals surface area contributed by atoms with Crippen LogP contribution < -0.4 is 19.5 Å². The smallest absolute Gasteiger partial charge is 0.162 e. The SMILES string of the molecule is COc1cc(Nc2ncnc3cc(OC)c(OC(C)(C)C)cc23)c(Cl)cc1Cl. The Hall–Kier alpha value is -2.44. The Bertz CT molecular complexity index is 1020. The Labute approximate surface area is 173 Å². The molecule has 0 aliphatic heterocycles. The van der Waals surface area contributed by atoms with Crippen LogP contribution in [0.1, 0.15) is 20.8 Å². The molecule has 0 aliphatic rings. The first kappa shape index (κ1) is 20.3. The number of anilines is 2. The third kappa shape index (κ3) is 4.34. The van der Waals surface area contributed by atoms with Gasteiger partial charge in [0, 0.05) is 17.5 Å². The third-order valence-electron chi connectivity index (χ3n) is 3.83. The summed E-state index contributed by atoms with van der Waals surface area (Å²) in [6.07, 6.45) is 1.47. The van der Waals surface area contributed by atoms with Crippen LogP contribution in [0, 0.1) is 0 Å². The lowest BCUT2D eigenvalue weighted by Gasteiger charge is -2.23. The standard InChI is InChI=1S/C20H21Cl2N3O3/c1-20(2,3)28-18-6-11-14(8-17(18)27-5)23-10-24-19(11)25-15-9-16(26-4)13(22)7-12(15)21/h6-10H,1-5H3,(H,23,24,25). The lowest BCUT2D eigenvalue weighted by molar-refractivity contribution is 0.126. The van der Waals surface area contributed by atoms with E-state index < -0.39 is 5.60 Å². The van der Waals surface area contributed by atoms with Crippen LogP contribution in [0.4, 0.5) is 11.5 Å². The van der Waals surface area contributed by atoms with Gasteiger partial charge in [-0.3, -0.25) is 0 Å². The zero-order valence-corrected chi connectivity index (χ0v) is 17.8. The van der Waals surface area contributed by atoms with Crippen molar-refractivity contribution >= 4 is 45.6 Å². The van der Waals surface area contributed by atoms with Crippen LogP contribution >= 0.6 is 23.2 Å². The summed E-state index contributed by atoms with van der Waals surface area (Å²) < 4.78 is 16.8. The van der Waals surface area contributed by atoms with Gasteiger partial charge in [0.25, 0.3) is 0 Å². The second-order valence-electron chi connectivity index (χ2n) is 7.05. The molecule has 0 radical (unpaired) electrons. The van der Waals surface area contributed by atoms with Crippen LogP contribution in [-0.4, -0.2) is 29.8 Å². The van der Waals surface area contributed by atoms with Gasteiger partial charge in [-0.1, -0.05) is 23.2 Å². The van der Waals surface area contributed by atoms with Gasteiger partial charge in [0.2, 0.25) is 0 Å². The number of rotatable bonds is 5. The molecule has 0 spiro atoms. The van der Waals surface area contributed by atoms with E-state index in [1.54, 1.807) is 26.4 Å². The van der Waals surface area contributed by atoms with Crippen molar-refractivity contribution in [1.82, 2.24) is 9.97 Å². The number of benzene rings is 2. The number of fused-ring (bicyclic) bond motifs is 1. The lowest BCUT2D eigenvalue weighted by atomic mass is 10.1. The fourth-order valence-electron chi connectivity index (χ4n) is 2.64. The molecule has 1 aromatic heterocycles. The molecule has 8 heteroatoms. The van der Waals surface area contributed by atoms with Gasteiger partial charge < -0.3 is 19.5 Å². The van der Waals surface area contributed by atoms with E-state index in [1.807, 2.05) is 32.9 Å². The number of halogens is 2.